The Hall–Kier alpha value is -1.89. The first-order valence-electron chi connectivity index (χ1n) is 8.47. The zero-order chi connectivity index (χ0) is 17.5. The summed E-state index contributed by atoms with van der Waals surface area (Å²) in [6.07, 6.45) is 4.27. The second kappa shape index (κ2) is 5.88. The van der Waals surface area contributed by atoms with Crippen LogP contribution in [-0.4, -0.2) is 68.3 Å². The van der Waals surface area contributed by atoms with Crippen LogP contribution >= 0.6 is 0 Å². The van der Waals surface area contributed by atoms with Gasteiger partial charge in [0.05, 0.1) is 12.1 Å². The molecule has 1 N–H and O–H groups in total. The molecule has 24 heavy (non-hydrogen) atoms. The molecule has 7 heteroatoms. The SMILES string of the molecule is CC(=O)N1CC2(CCN(C(=O)c3ccn(C)n3)CC2)CC1(C)CO. The zero-order valence-corrected chi connectivity index (χ0v) is 14.7. The van der Waals surface area contributed by atoms with Gasteiger partial charge in [-0.25, -0.2) is 0 Å². The zero-order valence-electron chi connectivity index (χ0n) is 14.7. The lowest BCUT2D eigenvalue weighted by atomic mass is 9.74. The van der Waals surface area contributed by atoms with Gasteiger partial charge in [0.1, 0.15) is 5.69 Å². The van der Waals surface area contributed by atoms with E-state index in [2.05, 4.69) is 5.10 Å². The van der Waals surface area contributed by atoms with Crippen LogP contribution in [0.5, 0.6) is 0 Å². The van der Waals surface area contributed by atoms with Gasteiger partial charge in [-0.05, 0) is 37.7 Å². The Morgan fingerprint density at radius 2 is 2.00 bits per heavy atom. The van der Waals surface area contributed by atoms with Gasteiger partial charge in [0.2, 0.25) is 5.91 Å². The van der Waals surface area contributed by atoms with E-state index in [0.29, 0.717) is 25.3 Å². The molecule has 0 aromatic carbocycles. The van der Waals surface area contributed by atoms with Gasteiger partial charge in [-0.1, -0.05) is 0 Å². The van der Waals surface area contributed by atoms with Crippen molar-refractivity contribution in [1.29, 1.82) is 0 Å². The van der Waals surface area contributed by atoms with Gasteiger partial charge in [-0.2, -0.15) is 5.10 Å². The Balaban J connectivity index is 1.69. The highest BCUT2D eigenvalue weighted by atomic mass is 16.3. The second-order valence-electron chi connectivity index (χ2n) is 7.60. The highest BCUT2D eigenvalue weighted by molar-refractivity contribution is 5.92. The van der Waals surface area contributed by atoms with E-state index >= 15 is 0 Å². The van der Waals surface area contributed by atoms with Crippen molar-refractivity contribution >= 4 is 11.8 Å². The number of carbonyl (C=O) groups excluding carboxylic acids is 2. The number of carbonyl (C=O) groups is 2. The summed E-state index contributed by atoms with van der Waals surface area (Å²) in [7, 11) is 1.80. The van der Waals surface area contributed by atoms with Crippen molar-refractivity contribution in [2.75, 3.05) is 26.2 Å². The number of aromatic nitrogens is 2. The summed E-state index contributed by atoms with van der Waals surface area (Å²) in [5, 5.41) is 14.0. The van der Waals surface area contributed by atoms with E-state index in [4.69, 9.17) is 0 Å². The van der Waals surface area contributed by atoms with Crippen LogP contribution in [-0.2, 0) is 11.8 Å². The molecule has 0 bridgehead atoms. The van der Waals surface area contributed by atoms with Crippen LogP contribution in [0.1, 0.15) is 43.6 Å². The summed E-state index contributed by atoms with van der Waals surface area (Å²) in [5.41, 5.74) is -0.00584. The van der Waals surface area contributed by atoms with Crippen molar-refractivity contribution in [3.8, 4) is 0 Å². The Labute approximate surface area is 142 Å². The number of aliphatic hydroxyl groups excluding tert-OH is 1. The maximum atomic E-state index is 12.5. The lowest BCUT2D eigenvalue weighted by molar-refractivity contribution is -0.134. The van der Waals surface area contributed by atoms with Gasteiger partial charge in [-0.3, -0.25) is 14.3 Å². The number of amides is 2. The van der Waals surface area contributed by atoms with Crippen LogP contribution in [0.2, 0.25) is 0 Å². The molecule has 1 aromatic rings. The van der Waals surface area contributed by atoms with E-state index in [1.54, 1.807) is 30.9 Å². The van der Waals surface area contributed by atoms with Gasteiger partial charge >= 0.3 is 0 Å². The van der Waals surface area contributed by atoms with Crippen molar-refractivity contribution in [3.05, 3.63) is 18.0 Å². The first-order chi connectivity index (χ1) is 11.3. The maximum absolute atomic E-state index is 12.5. The predicted octanol–water partition coefficient (Wildman–Crippen LogP) is 0.646. The number of aliphatic hydroxyl groups is 1. The predicted molar refractivity (Wildman–Crippen MR) is 88.3 cm³/mol. The number of aryl methyl sites for hydroxylation is 1. The third-order valence-electron chi connectivity index (χ3n) is 5.67. The van der Waals surface area contributed by atoms with Crippen molar-refractivity contribution in [3.63, 3.8) is 0 Å². The van der Waals surface area contributed by atoms with Gasteiger partial charge in [-0.15, -0.1) is 0 Å². The fourth-order valence-electron chi connectivity index (χ4n) is 4.33. The summed E-state index contributed by atoms with van der Waals surface area (Å²) in [5.74, 6) is -0.0211. The Morgan fingerprint density at radius 1 is 1.33 bits per heavy atom. The summed E-state index contributed by atoms with van der Waals surface area (Å²) in [6, 6.07) is 1.74. The molecule has 2 aliphatic heterocycles. The smallest absolute Gasteiger partial charge is 0.274 e. The van der Waals surface area contributed by atoms with Crippen LogP contribution in [0.4, 0.5) is 0 Å². The van der Waals surface area contributed by atoms with E-state index in [9.17, 15) is 14.7 Å². The molecular weight excluding hydrogens is 308 g/mol. The number of hydrogen-bond acceptors (Lipinski definition) is 4. The monoisotopic (exact) mass is 334 g/mol. The molecule has 2 fully saturated rings. The Kier molecular flexibility index (Phi) is 4.15. The van der Waals surface area contributed by atoms with E-state index in [0.717, 1.165) is 19.3 Å². The van der Waals surface area contributed by atoms with Crippen LogP contribution in [0.25, 0.3) is 0 Å². The number of rotatable bonds is 2. The number of nitrogens with zero attached hydrogens (tertiary/aromatic N) is 4. The molecule has 0 aliphatic carbocycles. The summed E-state index contributed by atoms with van der Waals surface area (Å²) < 4.78 is 1.63. The fraction of sp³-hybridized carbons (Fsp3) is 0.706. The molecule has 2 aliphatic rings. The average molecular weight is 334 g/mol. The minimum absolute atomic E-state index is 0.00401. The van der Waals surface area contributed by atoms with E-state index < -0.39 is 5.54 Å². The highest BCUT2D eigenvalue weighted by Crippen LogP contribution is 2.48. The van der Waals surface area contributed by atoms with Crippen LogP contribution in [0, 0.1) is 5.41 Å². The number of likely N-dealkylation sites (tertiary alicyclic amines) is 2. The van der Waals surface area contributed by atoms with Crippen LogP contribution in [0.3, 0.4) is 0 Å². The highest BCUT2D eigenvalue weighted by Gasteiger charge is 2.52. The van der Waals surface area contributed by atoms with E-state index in [1.165, 1.54) is 0 Å². The lowest BCUT2D eigenvalue weighted by Crippen LogP contribution is -2.46. The van der Waals surface area contributed by atoms with Crippen molar-refractivity contribution < 1.29 is 14.7 Å². The largest absolute Gasteiger partial charge is 0.394 e. The van der Waals surface area contributed by atoms with Gasteiger partial charge in [0.15, 0.2) is 0 Å². The molecule has 1 atom stereocenters. The van der Waals surface area contributed by atoms with Crippen molar-refractivity contribution in [2.45, 2.75) is 38.6 Å². The molecule has 0 saturated carbocycles. The molecule has 2 saturated heterocycles. The topological polar surface area (TPSA) is 78.7 Å². The first-order valence-corrected chi connectivity index (χ1v) is 8.47. The van der Waals surface area contributed by atoms with Gasteiger partial charge < -0.3 is 14.9 Å². The Bertz CT molecular complexity index is 648. The number of hydrogen-bond donors (Lipinski definition) is 1. The standard InChI is InChI=1S/C17H26N4O3/c1-13(23)21-11-17(10-16(21,2)12-22)5-8-20(9-6-17)15(24)14-4-7-19(3)18-14/h4,7,22H,5-6,8-12H2,1-3H3. The molecular formula is C17H26N4O3. The third kappa shape index (κ3) is 2.81. The molecule has 3 heterocycles. The summed E-state index contributed by atoms with van der Waals surface area (Å²) in [6.45, 7) is 5.50. The van der Waals surface area contributed by atoms with Crippen molar-refractivity contribution in [2.24, 2.45) is 12.5 Å². The first kappa shape index (κ1) is 17.0. The number of piperidine rings is 1. The van der Waals surface area contributed by atoms with E-state index in [-0.39, 0.29) is 23.8 Å². The quantitative estimate of drug-likeness (QED) is 0.861. The van der Waals surface area contributed by atoms with E-state index in [1.807, 2.05) is 16.7 Å². The molecule has 1 spiro atoms. The molecule has 1 aromatic heterocycles. The van der Waals surface area contributed by atoms with Crippen LogP contribution in [0.15, 0.2) is 12.3 Å². The average Bonchev–Trinajstić information content (AvgIpc) is 3.10. The maximum Gasteiger partial charge on any atom is 0.274 e. The van der Waals surface area contributed by atoms with Gasteiger partial charge in [0.25, 0.3) is 5.91 Å². The molecule has 132 valence electrons. The third-order valence-corrected chi connectivity index (χ3v) is 5.67. The minimum Gasteiger partial charge on any atom is -0.394 e. The fourth-order valence-corrected chi connectivity index (χ4v) is 4.33. The molecule has 1 unspecified atom stereocenters. The Morgan fingerprint density at radius 3 is 2.46 bits per heavy atom. The van der Waals surface area contributed by atoms with Crippen LogP contribution < -0.4 is 0 Å². The molecule has 2 amide bonds. The summed E-state index contributed by atoms with van der Waals surface area (Å²) >= 11 is 0. The van der Waals surface area contributed by atoms with Crippen molar-refractivity contribution in [1.82, 2.24) is 19.6 Å². The normalized spacial score (nSPS) is 26.2. The molecule has 0 radical (unpaired) electrons. The summed E-state index contributed by atoms with van der Waals surface area (Å²) in [4.78, 5) is 28.1. The van der Waals surface area contributed by atoms with Gasteiger partial charge in [0, 0.05) is 39.8 Å². The minimum atomic E-state index is -0.487. The molecule has 7 nitrogen and oxygen atoms in total. The molecule has 3 rings (SSSR count). The lowest BCUT2D eigenvalue weighted by Gasteiger charge is -2.39. The second-order valence-corrected chi connectivity index (χ2v) is 7.60.